The molecule has 0 atom stereocenters. The number of ether oxygens (including phenoxy) is 12. The molecule has 0 saturated carbocycles. The Morgan fingerprint density at radius 3 is 1.53 bits per heavy atom. The smallest absolute Gasteiger partial charge is 0.231 e. The van der Waals surface area contributed by atoms with Crippen LogP contribution in [0.3, 0.4) is 0 Å². The molecule has 0 N–H and O–H groups in total. The van der Waals surface area contributed by atoms with Crippen LogP contribution in [0.4, 0.5) is 0 Å². The normalized spacial score (nSPS) is 17.4. The predicted octanol–water partition coefficient (Wildman–Crippen LogP) is 4.11. The maximum absolute atomic E-state index is 10.2. The molecule has 55 heavy (non-hydrogen) atoms. The van der Waals surface area contributed by atoms with E-state index in [2.05, 4.69) is 13.0 Å². The third-order valence-electron chi connectivity index (χ3n) is 8.30. The number of fused-ring (bicyclic) bond motifs is 3. The van der Waals surface area contributed by atoms with Crippen molar-refractivity contribution in [2.45, 2.75) is 72.8 Å². The van der Waals surface area contributed by atoms with E-state index in [4.69, 9.17) is 56.8 Å². The molecular formula is C41H54BrO13-. The Balaban J connectivity index is 0.000000200. The van der Waals surface area contributed by atoms with Crippen molar-refractivity contribution in [3.8, 4) is 34.5 Å². The summed E-state index contributed by atoms with van der Waals surface area (Å²) in [5, 5.41) is 0. The molecule has 6 aliphatic rings. The zero-order chi connectivity index (χ0) is 35.8. The molecule has 13 nitrogen and oxygen atoms in total. The molecule has 6 heterocycles. The van der Waals surface area contributed by atoms with Crippen molar-refractivity contribution >= 4 is 12.4 Å². The number of halogens is 1. The van der Waals surface area contributed by atoms with Crippen molar-refractivity contribution in [3.05, 3.63) is 77.4 Å². The van der Waals surface area contributed by atoms with Crippen LogP contribution in [-0.2, 0) is 46.1 Å². The summed E-state index contributed by atoms with van der Waals surface area (Å²) in [5.41, 5.74) is 3.38. The van der Waals surface area contributed by atoms with Crippen molar-refractivity contribution in [1.82, 2.24) is 0 Å². The molecule has 3 aromatic rings. The highest BCUT2D eigenvalue weighted by Gasteiger charge is 2.18. The van der Waals surface area contributed by atoms with Crippen molar-refractivity contribution in [2.24, 2.45) is 0 Å². The fraction of sp³-hybridized carbons (Fsp3) is 0.488. The van der Waals surface area contributed by atoms with E-state index < -0.39 is 0 Å². The molecule has 0 aliphatic carbocycles. The quantitative estimate of drug-likeness (QED) is 0.288. The molecule has 14 heteroatoms. The number of carbonyl (C=O) groups excluding carboxylic acids is 1. The third-order valence-corrected chi connectivity index (χ3v) is 8.30. The van der Waals surface area contributed by atoms with E-state index in [1.54, 1.807) is 0 Å². The zero-order valence-corrected chi connectivity index (χ0v) is 31.3. The van der Waals surface area contributed by atoms with Gasteiger partial charge in [-0.05, 0) is 78.4 Å². The zero-order valence-electron chi connectivity index (χ0n) is 29.7. The minimum absolute atomic E-state index is 0. The van der Waals surface area contributed by atoms with Crippen molar-refractivity contribution in [2.75, 3.05) is 60.0 Å². The van der Waals surface area contributed by atoms with E-state index in [-0.39, 0.29) is 50.7 Å². The summed E-state index contributed by atoms with van der Waals surface area (Å²) in [4.78, 5) is 10.2. The van der Waals surface area contributed by atoms with Gasteiger partial charge in [0.05, 0.1) is 39.6 Å². The Hall–Kier alpha value is -3.89. The molecule has 0 aromatic heterocycles. The van der Waals surface area contributed by atoms with Crippen LogP contribution in [0.25, 0.3) is 6.08 Å². The number of hydrogen-bond acceptors (Lipinski definition) is 13. The van der Waals surface area contributed by atoms with Crippen molar-refractivity contribution in [1.29, 1.82) is 0 Å². The average molecular weight is 835 g/mol. The Kier molecular flexibility index (Phi) is 20.3. The first-order valence-electron chi connectivity index (χ1n) is 17.6. The Morgan fingerprint density at radius 1 is 0.564 bits per heavy atom. The van der Waals surface area contributed by atoms with Crippen molar-refractivity contribution < 1.29 is 78.6 Å². The van der Waals surface area contributed by atoms with Gasteiger partial charge in [0.2, 0.25) is 20.4 Å². The number of rotatable bonds is 9. The number of aldehydes is 1. The SMILES string of the molecule is C.C.C(=C\C1OCCO1)/c1ccc2c(c1)OCO2.CCC1OCCO1.O=CCCc1ccc2c(c1)OCO2.[Br-].c1cc2c(cc1CCC1OCCO1)OCO2. The van der Waals surface area contributed by atoms with Gasteiger partial charge in [0.25, 0.3) is 0 Å². The minimum Gasteiger partial charge on any atom is -1.00 e. The second kappa shape index (κ2) is 24.6. The molecule has 0 spiro atoms. The molecule has 0 bridgehead atoms. The van der Waals surface area contributed by atoms with Gasteiger partial charge in [0.1, 0.15) is 6.29 Å². The fourth-order valence-corrected chi connectivity index (χ4v) is 5.61. The molecule has 6 aliphatic heterocycles. The summed E-state index contributed by atoms with van der Waals surface area (Å²) in [5.74, 6) is 4.82. The van der Waals surface area contributed by atoms with E-state index in [9.17, 15) is 4.79 Å². The van der Waals surface area contributed by atoms with Crippen LogP contribution in [0.1, 0.15) is 57.7 Å². The van der Waals surface area contributed by atoms with Gasteiger partial charge in [-0.25, -0.2) is 0 Å². The highest BCUT2D eigenvalue weighted by atomic mass is 79.9. The van der Waals surface area contributed by atoms with Crippen LogP contribution >= 0.6 is 0 Å². The lowest BCUT2D eigenvalue weighted by atomic mass is 10.1. The maximum atomic E-state index is 10.2. The molecule has 9 rings (SSSR count). The number of hydrogen-bond donors (Lipinski definition) is 0. The summed E-state index contributed by atoms with van der Waals surface area (Å²) in [7, 11) is 0. The summed E-state index contributed by atoms with van der Waals surface area (Å²) in [6, 6.07) is 17.6. The number of aryl methyl sites for hydroxylation is 2. The lowest BCUT2D eigenvalue weighted by molar-refractivity contribution is -0.107. The number of benzene rings is 3. The van der Waals surface area contributed by atoms with Gasteiger partial charge < -0.3 is 78.6 Å². The van der Waals surface area contributed by atoms with Crippen molar-refractivity contribution in [3.63, 3.8) is 0 Å². The van der Waals surface area contributed by atoms with Gasteiger partial charge in [0, 0.05) is 12.8 Å². The standard InChI is InChI=1S/C12H14O4.C12H12O4.C10H10O3.C5H10O2.2CH4.BrH/c2*1-3-10-11(16-8-15-10)7-9(1)2-4-12-13-5-6-14-12;11-5-1-2-8-3-4-9-10(6-8)13-7-12-9;1-2-5-6-3-4-7-5;;;/h1,3,7,12H,2,4-6,8H2;1-4,7,12H,5-6,8H2;3-6H,1-2,7H2;5H,2-4H2,1H3;2*1H4;1H/p-1/b;4-2+;;;;;. The van der Waals surface area contributed by atoms with Crippen LogP contribution in [0.5, 0.6) is 34.5 Å². The first-order valence-corrected chi connectivity index (χ1v) is 17.6. The summed E-state index contributed by atoms with van der Waals surface area (Å²) in [6.07, 6.45) is 8.73. The highest BCUT2D eigenvalue weighted by molar-refractivity contribution is 5.56. The van der Waals surface area contributed by atoms with Crippen LogP contribution in [0.2, 0.25) is 0 Å². The molecule has 0 unspecified atom stereocenters. The average Bonchev–Trinajstić information content (AvgIpc) is 4.04. The summed E-state index contributed by atoms with van der Waals surface area (Å²) in [6.45, 7) is 7.29. The predicted molar refractivity (Wildman–Crippen MR) is 200 cm³/mol. The van der Waals surface area contributed by atoms with Gasteiger partial charge in [-0.3, -0.25) is 0 Å². The summed E-state index contributed by atoms with van der Waals surface area (Å²) < 4.78 is 63.0. The molecule has 0 radical (unpaired) electrons. The monoisotopic (exact) mass is 833 g/mol. The lowest BCUT2D eigenvalue weighted by Gasteiger charge is -2.08. The van der Waals surface area contributed by atoms with E-state index in [1.165, 1.54) is 5.56 Å². The van der Waals surface area contributed by atoms with E-state index in [1.807, 2.05) is 60.7 Å². The Morgan fingerprint density at radius 2 is 1.02 bits per heavy atom. The highest BCUT2D eigenvalue weighted by Crippen LogP contribution is 2.34. The molecule has 0 amide bonds. The van der Waals surface area contributed by atoms with Crippen LogP contribution < -0.4 is 45.4 Å². The Bertz CT molecular complexity index is 1580. The van der Waals surface area contributed by atoms with Gasteiger partial charge in [0.15, 0.2) is 53.4 Å². The number of carbonyl (C=O) groups is 1. The molecular weight excluding hydrogens is 780 g/mol. The first-order chi connectivity index (χ1) is 25.7. The molecule has 3 fully saturated rings. The van der Waals surface area contributed by atoms with Crippen LogP contribution in [0, 0.1) is 0 Å². The van der Waals surface area contributed by atoms with Gasteiger partial charge >= 0.3 is 0 Å². The molecule has 3 aromatic carbocycles. The molecule has 3 saturated heterocycles. The van der Waals surface area contributed by atoms with E-state index in [0.717, 1.165) is 90.8 Å². The lowest BCUT2D eigenvalue weighted by Crippen LogP contribution is -3.00. The summed E-state index contributed by atoms with van der Waals surface area (Å²) >= 11 is 0. The second-order valence-electron chi connectivity index (χ2n) is 12.0. The topological polar surface area (TPSA) is 128 Å². The van der Waals surface area contributed by atoms with E-state index in [0.29, 0.717) is 53.2 Å². The van der Waals surface area contributed by atoms with Crippen LogP contribution in [-0.4, -0.2) is 85.2 Å². The maximum Gasteiger partial charge on any atom is 0.231 e. The first kappa shape index (κ1) is 45.5. The third kappa shape index (κ3) is 14.3. The minimum atomic E-state index is -0.217. The van der Waals surface area contributed by atoms with E-state index >= 15 is 0 Å². The van der Waals surface area contributed by atoms with Gasteiger partial charge in [-0.2, -0.15) is 0 Å². The van der Waals surface area contributed by atoms with Gasteiger partial charge in [-0.1, -0.05) is 46.1 Å². The van der Waals surface area contributed by atoms with Crippen LogP contribution in [0.15, 0.2) is 60.7 Å². The molecule has 304 valence electrons. The van der Waals surface area contributed by atoms with Gasteiger partial charge in [-0.15, -0.1) is 0 Å². The largest absolute Gasteiger partial charge is 1.00 e. The second-order valence-corrected chi connectivity index (χ2v) is 12.0. The Labute approximate surface area is 334 Å². The fourth-order valence-electron chi connectivity index (χ4n) is 5.61.